The Kier molecular flexibility index (Phi) is 7.85. The molecule has 0 bridgehead atoms. The smallest absolute Gasteiger partial charge is 0.315 e. The lowest BCUT2D eigenvalue weighted by molar-refractivity contribution is 0.230. The van der Waals surface area contributed by atoms with Gasteiger partial charge >= 0.3 is 6.03 Å². The van der Waals surface area contributed by atoms with Gasteiger partial charge in [0.05, 0.1) is 5.69 Å². The predicted molar refractivity (Wildman–Crippen MR) is 110 cm³/mol. The highest BCUT2D eigenvalue weighted by Gasteiger charge is 2.15. The second-order valence-electron chi connectivity index (χ2n) is 7.72. The zero-order valence-electron chi connectivity index (χ0n) is 17.2. The van der Waals surface area contributed by atoms with Gasteiger partial charge in [-0.05, 0) is 51.9 Å². The third kappa shape index (κ3) is 7.43. The molecule has 2 amide bonds. The average Bonchev–Trinajstić information content (AvgIpc) is 2.90. The third-order valence-corrected chi connectivity index (χ3v) is 4.44. The topological polar surface area (TPSA) is 62.2 Å². The van der Waals surface area contributed by atoms with Crippen LogP contribution in [0.1, 0.15) is 23.9 Å². The molecule has 0 saturated heterocycles. The van der Waals surface area contributed by atoms with E-state index in [1.165, 1.54) is 5.56 Å². The highest BCUT2D eigenvalue weighted by molar-refractivity contribution is 5.74. The van der Waals surface area contributed by atoms with Crippen LogP contribution in [-0.4, -0.2) is 53.9 Å². The molecule has 2 atom stereocenters. The fourth-order valence-corrected chi connectivity index (χ4v) is 3.22. The number of rotatable bonds is 9. The zero-order chi connectivity index (χ0) is 19.8. The standard InChI is InChI=1S/C21H33N5O/c1-16(14-26-18(3)11-17(2)24-26)13-22-21(27)23-20(15-25(4)5)12-19-9-7-6-8-10-19/h6-11,16,20H,12-15H2,1-5H3,(H2,22,23,27)/t16-,20-/m1/s1. The number of carbonyl (C=O) groups excluding carboxylic acids is 1. The largest absolute Gasteiger partial charge is 0.338 e. The van der Waals surface area contributed by atoms with Gasteiger partial charge in [-0.1, -0.05) is 37.3 Å². The minimum Gasteiger partial charge on any atom is -0.338 e. The first kappa shape index (κ1) is 21.0. The van der Waals surface area contributed by atoms with Gasteiger partial charge in [-0.25, -0.2) is 4.79 Å². The minimum atomic E-state index is -0.113. The van der Waals surface area contributed by atoms with Crippen LogP contribution in [0.4, 0.5) is 4.79 Å². The number of likely N-dealkylation sites (N-methyl/N-ethyl adjacent to an activating group) is 1. The monoisotopic (exact) mass is 371 g/mol. The van der Waals surface area contributed by atoms with Crippen LogP contribution in [0, 0.1) is 19.8 Å². The van der Waals surface area contributed by atoms with Gasteiger partial charge in [-0.2, -0.15) is 5.10 Å². The summed E-state index contributed by atoms with van der Waals surface area (Å²) in [6.07, 6.45) is 0.813. The van der Waals surface area contributed by atoms with Crippen molar-refractivity contribution in [2.45, 2.75) is 39.8 Å². The van der Waals surface area contributed by atoms with Gasteiger partial charge < -0.3 is 15.5 Å². The van der Waals surface area contributed by atoms with E-state index in [1.54, 1.807) is 0 Å². The van der Waals surface area contributed by atoms with E-state index in [0.717, 1.165) is 30.9 Å². The Balaban J connectivity index is 1.82. The lowest BCUT2D eigenvalue weighted by Crippen LogP contribution is -2.48. The Hall–Kier alpha value is -2.34. The second kappa shape index (κ2) is 10.1. The predicted octanol–water partition coefficient (Wildman–Crippen LogP) is 2.61. The molecule has 0 aliphatic heterocycles. The average molecular weight is 372 g/mol. The van der Waals surface area contributed by atoms with Gasteiger partial charge in [0.2, 0.25) is 0 Å². The SMILES string of the molecule is Cc1cc(C)n(C[C@H](C)CNC(=O)N[C@H](Cc2ccccc2)CN(C)C)n1. The number of hydrogen-bond donors (Lipinski definition) is 2. The molecule has 0 spiro atoms. The van der Waals surface area contributed by atoms with Crippen molar-refractivity contribution in [3.05, 3.63) is 53.3 Å². The maximum absolute atomic E-state index is 12.4. The molecule has 0 aliphatic rings. The van der Waals surface area contributed by atoms with Gasteiger partial charge in [0.15, 0.2) is 0 Å². The van der Waals surface area contributed by atoms with E-state index in [4.69, 9.17) is 0 Å². The number of carbonyl (C=O) groups is 1. The number of hydrogen-bond acceptors (Lipinski definition) is 3. The van der Waals surface area contributed by atoms with E-state index in [1.807, 2.05) is 43.9 Å². The van der Waals surface area contributed by atoms with Crippen LogP contribution in [0.15, 0.2) is 36.4 Å². The molecule has 2 N–H and O–H groups in total. The van der Waals surface area contributed by atoms with Crippen molar-refractivity contribution in [2.24, 2.45) is 5.92 Å². The fourth-order valence-electron chi connectivity index (χ4n) is 3.22. The molecule has 1 aromatic heterocycles. The molecule has 27 heavy (non-hydrogen) atoms. The first-order valence-electron chi connectivity index (χ1n) is 9.57. The second-order valence-corrected chi connectivity index (χ2v) is 7.72. The molecule has 0 fully saturated rings. The fraction of sp³-hybridized carbons (Fsp3) is 0.524. The molecule has 0 aliphatic carbocycles. The normalized spacial score (nSPS) is 13.4. The number of nitrogens with zero attached hydrogens (tertiary/aromatic N) is 3. The van der Waals surface area contributed by atoms with Crippen molar-refractivity contribution in [3.8, 4) is 0 Å². The molecule has 0 radical (unpaired) electrons. The molecule has 2 aromatic rings. The van der Waals surface area contributed by atoms with Crippen molar-refractivity contribution < 1.29 is 4.79 Å². The van der Waals surface area contributed by atoms with Gasteiger partial charge in [0.1, 0.15) is 0 Å². The number of amides is 2. The van der Waals surface area contributed by atoms with Crippen molar-refractivity contribution in [2.75, 3.05) is 27.2 Å². The summed E-state index contributed by atoms with van der Waals surface area (Å²) < 4.78 is 2.00. The van der Waals surface area contributed by atoms with Crippen LogP contribution in [0.3, 0.4) is 0 Å². The maximum atomic E-state index is 12.4. The Morgan fingerprint density at radius 2 is 1.93 bits per heavy atom. The van der Waals surface area contributed by atoms with Crippen molar-refractivity contribution >= 4 is 6.03 Å². The Labute approximate surface area is 162 Å². The highest BCUT2D eigenvalue weighted by Crippen LogP contribution is 2.06. The maximum Gasteiger partial charge on any atom is 0.315 e. The van der Waals surface area contributed by atoms with Crippen LogP contribution < -0.4 is 10.6 Å². The molecule has 1 heterocycles. The number of urea groups is 1. The summed E-state index contributed by atoms with van der Waals surface area (Å²) in [5.74, 6) is 0.301. The molecule has 6 heteroatoms. The first-order valence-corrected chi connectivity index (χ1v) is 9.57. The van der Waals surface area contributed by atoms with Gasteiger partial charge in [0.25, 0.3) is 0 Å². The lowest BCUT2D eigenvalue weighted by Gasteiger charge is -2.23. The van der Waals surface area contributed by atoms with E-state index in [2.05, 4.69) is 52.7 Å². The lowest BCUT2D eigenvalue weighted by atomic mass is 10.1. The van der Waals surface area contributed by atoms with Gasteiger partial charge in [-0.15, -0.1) is 0 Å². The third-order valence-electron chi connectivity index (χ3n) is 4.44. The molecule has 148 valence electrons. The van der Waals surface area contributed by atoms with Crippen LogP contribution in [0.5, 0.6) is 0 Å². The van der Waals surface area contributed by atoms with E-state index >= 15 is 0 Å². The molecule has 6 nitrogen and oxygen atoms in total. The van der Waals surface area contributed by atoms with Crippen LogP contribution in [0.25, 0.3) is 0 Å². The number of nitrogens with one attached hydrogen (secondary N) is 2. The van der Waals surface area contributed by atoms with Crippen LogP contribution in [-0.2, 0) is 13.0 Å². The molecule has 0 saturated carbocycles. The molecule has 2 rings (SSSR count). The zero-order valence-corrected chi connectivity index (χ0v) is 17.2. The Bertz CT molecular complexity index is 711. The summed E-state index contributed by atoms with van der Waals surface area (Å²) in [5, 5.41) is 10.6. The van der Waals surface area contributed by atoms with E-state index in [9.17, 15) is 4.79 Å². The highest BCUT2D eigenvalue weighted by atomic mass is 16.2. The summed E-state index contributed by atoms with van der Waals surface area (Å²) in [4.78, 5) is 14.5. The Morgan fingerprint density at radius 1 is 1.22 bits per heavy atom. The van der Waals surface area contributed by atoms with Gasteiger partial charge in [0, 0.05) is 31.4 Å². The minimum absolute atomic E-state index is 0.0636. The van der Waals surface area contributed by atoms with Crippen molar-refractivity contribution in [1.82, 2.24) is 25.3 Å². The number of benzene rings is 1. The summed E-state index contributed by atoms with van der Waals surface area (Å²) in [7, 11) is 4.04. The summed E-state index contributed by atoms with van der Waals surface area (Å²) in [5.41, 5.74) is 3.40. The Morgan fingerprint density at radius 3 is 2.52 bits per heavy atom. The van der Waals surface area contributed by atoms with Crippen molar-refractivity contribution in [3.63, 3.8) is 0 Å². The van der Waals surface area contributed by atoms with Crippen molar-refractivity contribution in [1.29, 1.82) is 0 Å². The number of aromatic nitrogens is 2. The molecule has 1 aromatic carbocycles. The van der Waals surface area contributed by atoms with Crippen LogP contribution in [0.2, 0.25) is 0 Å². The molecule has 0 unspecified atom stereocenters. The summed E-state index contributed by atoms with van der Waals surface area (Å²) >= 11 is 0. The van der Waals surface area contributed by atoms with E-state index in [0.29, 0.717) is 12.5 Å². The quantitative estimate of drug-likeness (QED) is 0.712. The summed E-state index contributed by atoms with van der Waals surface area (Å²) in [6, 6.07) is 12.3. The first-order chi connectivity index (χ1) is 12.8. The van der Waals surface area contributed by atoms with E-state index < -0.39 is 0 Å². The summed E-state index contributed by atoms with van der Waals surface area (Å²) in [6.45, 7) is 8.39. The molecular weight excluding hydrogens is 338 g/mol. The van der Waals surface area contributed by atoms with Crippen LogP contribution >= 0.6 is 0 Å². The van der Waals surface area contributed by atoms with E-state index in [-0.39, 0.29) is 12.1 Å². The van der Waals surface area contributed by atoms with Gasteiger partial charge in [-0.3, -0.25) is 4.68 Å². The number of aryl methyl sites for hydroxylation is 2. The molecular formula is C21H33N5O.